The molecule has 1 heterocycles. The smallest absolute Gasteiger partial charge is 0.251 e. The van der Waals surface area contributed by atoms with E-state index >= 15 is 0 Å². The van der Waals surface area contributed by atoms with Crippen LogP contribution in [0.5, 0.6) is 0 Å². The maximum absolute atomic E-state index is 12.2. The van der Waals surface area contributed by atoms with Crippen LogP contribution in [0.25, 0.3) is 0 Å². The SMILES string of the molecule is Cc1ccccc1CCNC(=O)c1ccc2c(c1)CNC2. The van der Waals surface area contributed by atoms with E-state index < -0.39 is 0 Å². The Morgan fingerprint density at radius 2 is 1.95 bits per heavy atom. The van der Waals surface area contributed by atoms with Crippen LogP contribution in [0, 0.1) is 6.92 Å². The molecule has 3 rings (SSSR count). The van der Waals surface area contributed by atoms with Crippen LogP contribution >= 0.6 is 0 Å². The lowest BCUT2D eigenvalue weighted by Gasteiger charge is -2.08. The fraction of sp³-hybridized carbons (Fsp3) is 0.278. The Morgan fingerprint density at radius 3 is 2.81 bits per heavy atom. The van der Waals surface area contributed by atoms with E-state index in [0.717, 1.165) is 25.1 Å². The van der Waals surface area contributed by atoms with E-state index in [2.05, 4.69) is 29.7 Å². The van der Waals surface area contributed by atoms with Crippen molar-refractivity contribution in [2.24, 2.45) is 0 Å². The molecule has 0 aliphatic carbocycles. The third kappa shape index (κ3) is 3.14. The molecule has 108 valence electrons. The average Bonchev–Trinajstić information content (AvgIpc) is 2.96. The number of fused-ring (bicyclic) bond motifs is 1. The van der Waals surface area contributed by atoms with E-state index in [1.165, 1.54) is 22.3 Å². The predicted octanol–water partition coefficient (Wildman–Crippen LogP) is 2.57. The van der Waals surface area contributed by atoms with Gasteiger partial charge in [-0.05, 0) is 47.7 Å². The zero-order valence-corrected chi connectivity index (χ0v) is 12.3. The van der Waals surface area contributed by atoms with Gasteiger partial charge in [0.15, 0.2) is 0 Å². The highest BCUT2D eigenvalue weighted by Crippen LogP contribution is 2.17. The van der Waals surface area contributed by atoms with Crippen molar-refractivity contribution in [2.45, 2.75) is 26.4 Å². The lowest BCUT2D eigenvalue weighted by molar-refractivity contribution is 0.0954. The molecule has 21 heavy (non-hydrogen) atoms. The van der Waals surface area contributed by atoms with Crippen LogP contribution in [0.4, 0.5) is 0 Å². The second kappa shape index (κ2) is 6.10. The van der Waals surface area contributed by atoms with Gasteiger partial charge in [-0.1, -0.05) is 30.3 Å². The van der Waals surface area contributed by atoms with Gasteiger partial charge < -0.3 is 10.6 Å². The lowest BCUT2D eigenvalue weighted by atomic mass is 10.0. The standard InChI is InChI=1S/C18H20N2O/c1-13-4-2-3-5-14(13)8-9-20-18(21)15-6-7-16-11-19-12-17(16)10-15/h2-7,10,19H,8-9,11-12H2,1H3,(H,20,21). The van der Waals surface area contributed by atoms with Crippen LogP contribution in [0.1, 0.15) is 32.6 Å². The van der Waals surface area contributed by atoms with E-state index in [1.807, 2.05) is 30.3 Å². The summed E-state index contributed by atoms with van der Waals surface area (Å²) in [7, 11) is 0. The quantitative estimate of drug-likeness (QED) is 0.904. The summed E-state index contributed by atoms with van der Waals surface area (Å²) in [4.78, 5) is 12.2. The number of carbonyl (C=O) groups is 1. The van der Waals surface area contributed by atoms with Gasteiger partial charge in [0.1, 0.15) is 0 Å². The Bertz CT molecular complexity index is 664. The molecule has 1 aliphatic rings. The summed E-state index contributed by atoms with van der Waals surface area (Å²) < 4.78 is 0. The molecule has 0 unspecified atom stereocenters. The van der Waals surface area contributed by atoms with Gasteiger partial charge in [-0.2, -0.15) is 0 Å². The predicted molar refractivity (Wildman–Crippen MR) is 84.2 cm³/mol. The molecule has 2 N–H and O–H groups in total. The number of hydrogen-bond acceptors (Lipinski definition) is 2. The Hall–Kier alpha value is -2.13. The van der Waals surface area contributed by atoms with E-state index in [1.54, 1.807) is 0 Å². The molecule has 0 saturated carbocycles. The Morgan fingerprint density at radius 1 is 1.14 bits per heavy atom. The summed E-state index contributed by atoms with van der Waals surface area (Å²) in [6.07, 6.45) is 0.866. The summed E-state index contributed by atoms with van der Waals surface area (Å²) in [6.45, 7) is 4.54. The third-order valence-electron chi connectivity index (χ3n) is 4.04. The topological polar surface area (TPSA) is 41.1 Å². The number of aryl methyl sites for hydroxylation is 1. The maximum Gasteiger partial charge on any atom is 0.251 e. The fourth-order valence-electron chi connectivity index (χ4n) is 2.74. The molecule has 0 radical (unpaired) electrons. The highest BCUT2D eigenvalue weighted by atomic mass is 16.1. The molecule has 2 aromatic rings. The molecule has 1 amide bonds. The molecule has 0 saturated heterocycles. The molecule has 3 heteroatoms. The highest BCUT2D eigenvalue weighted by molar-refractivity contribution is 5.94. The van der Waals surface area contributed by atoms with Gasteiger partial charge in [0.25, 0.3) is 5.91 Å². The minimum absolute atomic E-state index is 0.0123. The summed E-state index contributed by atoms with van der Waals surface area (Å²) >= 11 is 0. The number of rotatable bonds is 4. The average molecular weight is 280 g/mol. The molecule has 0 spiro atoms. The van der Waals surface area contributed by atoms with Gasteiger partial charge in [0.2, 0.25) is 0 Å². The molecular formula is C18H20N2O. The monoisotopic (exact) mass is 280 g/mol. The van der Waals surface area contributed by atoms with E-state index in [0.29, 0.717) is 6.54 Å². The number of hydrogen-bond donors (Lipinski definition) is 2. The maximum atomic E-state index is 12.2. The summed E-state index contributed by atoms with van der Waals surface area (Å²) in [5.41, 5.74) is 5.85. The van der Waals surface area contributed by atoms with Gasteiger partial charge >= 0.3 is 0 Å². The molecule has 0 atom stereocenters. The van der Waals surface area contributed by atoms with Crippen LogP contribution < -0.4 is 10.6 Å². The molecule has 0 bridgehead atoms. The van der Waals surface area contributed by atoms with Crippen molar-refractivity contribution in [1.82, 2.24) is 10.6 Å². The second-order valence-corrected chi connectivity index (χ2v) is 5.52. The normalized spacial score (nSPS) is 13.0. The van der Waals surface area contributed by atoms with Crippen molar-refractivity contribution in [3.05, 3.63) is 70.3 Å². The van der Waals surface area contributed by atoms with Crippen molar-refractivity contribution in [3.8, 4) is 0 Å². The van der Waals surface area contributed by atoms with Gasteiger partial charge in [-0.25, -0.2) is 0 Å². The van der Waals surface area contributed by atoms with Gasteiger partial charge in [-0.15, -0.1) is 0 Å². The first-order valence-electron chi connectivity index (χ1n) is 7.39. The van der Waals surface area contributed by atoms with E-state index in [9.17, 15) is 4.79 Å². The van der Waals surface area contributed by atoms with E-state index in [4.69, 9.17) is 0 Å². The van der Waals surface area contributed by atoms with Gasteiger partial charge in [-0.3, -0.25) is 4.79 Å². The molecule has 2 aromatic carbocycles. The van der Waals surface area contributed by atoms with E-state index in [-0.39, 0.29) is 5.91 Å². The highest BCUT2D eigenvalue weighted by Gasteiger charge is 2.13. The first-order valence-corrected chi connectivity index (χ1v) is 7.39. The van der Waals surface area contributed by atoms with Crippen LogP contribution in [0.15, 0.2) is 42.5 Å². The summed E-state index contributed by atoms with van der Waals surface area (Å²) in [5, 5.41) is 6.30. The van der Waals surface area contributed by atoms with Crippen molar-refractivity contribution in [2.75, 3.05) is 6.54 Å². The molecule has 3 nitrogen and oxygen atoms in total. The largest absolute Gasteiger partial charge is 0.352 e. The number of amides is 1. The van der Waals surface area contributed by atoms with Crippen LogP contribution in [-0.4, -0.2) is 12.5 Å². The molecule has 0 fully saturated rings. The van der Waals surface area contributed by atoms with Crippen molar-refractivity contribution in [1.29, 1.82) is 0 Å². The second-order valence-electron chi connectivity index (χ2n) is 5.52. The number of nitrogens with one attached hydrogen (secondary N) is 2. The molecular weight excluding hydrogens is 260 g/mol. The molecule has 0 aromatic heterocycles. The van der Waals surface area contributed by atoms with Crippen LogP contribution in [0.3, 0.4) is 0 Å². The van der Waals surface area contributed by atoms with Crippen LogP contribution in [0.2, 0.25) is 0 Å². The van der Waals surface area contributed by atoms with Crippen molar-refractivity contribution >= 4 is 5.91 Å². The first kappa shape index (κ1) is 13.8. The van der Waals surface area contributed by atoms with Gasteiger partial charge in [0.05, 0.1) is 0 Å². The van der Waals surface area contributed by atoms with Crippen LogP contribution in [-0.2, 0) is 19.5 Å². The zero-order chi connectivity index (χ0) is 14.7. The number of carbonyl (C=O) groups excluding carboxylic acids is 1. The summed E-state index contributed by atoms with van der Waals surface area (Å²) in [5.74, 6) is 0.0123. The zero-order valence-electron chi connectivity index (χ0n) is 12.3. The first-order chi connectivity index (χ1) is 10.2. The minimum Gasteiger partial charge on any atom is -0.352 e. The lowest BCUT2D eigenvalue weighted by Crippen LogP contribution is -2.26. The Labute approximate surface area is 125 Å². The Kier molecular flexibility index (Phi) is 4.02. The summed E-state index contributed by atoms with van der Waals surface area (Å²) in [6, 6.07) is 14.2. The van der Waals surface area contributed by atoms with Gasteiger partial charge in [0, 0.05) is 25.2 Å². The minimum atomic E-state index is 0.0123. The number of benzene rings is 2. The Balaban J connectivity index is 1.58. The third-order valence-corrected chi connectivity index (χ3v) is 4.04. The van der Waals surface area contributed by atoms with Crippen molar-refractivity contribution in [3.63, 3.8) is 0 Å². The van der Waals surface area contributed by atoms with Crippen molar-refractivity contribution < 1.29 is 4.79 Å². The fourth-order valence-corrected chi connectivity index (χ4v) is 2.74. The molecule has 1 aliphatic heterocycles.